The molecule has 0 saturated carbocycles. The summed E-state index contributed by atoms with van der Waals surface area (Å²) in [6.07, 6.45) is 3.40. The summed E-state index contributed by atoms with van der Waals surface area (Å²) in [6, 6.07) is -0.178. The van der Waals surface area contributed by atoms with Gasteiger partial charge in [0.1, 0.15) is 6.04 Å². The predicted octanol–water partition coefficient (Wildman–Crippen LogP) is 0.812. The van der Waals surface area contributed by atoms with Gasteiger partial charge in [-0.1, -0.05) is 0 Å². The van der Waals surface area contributed by atoms with E-state index in [1.807, 2.05) is 9.80 Å². The van der Waals surface area contributed by atoms with Gasteiger partial charge in [-0.2, -0.15) is 0 Å². The van der Waals surface area contributed by atoms with Gasteiger partial charge < -0.3 is 15.5 Å². The van der Waals surface area contributed by atoms with Crippen LogP contribution in [-0.4, -0.2) is 57.4 Å². The Morgan fingerprint density at radius 1 is 1.50 bits per heavy atom. The van der Waals surface area contributed by atoms with E-state index in [0.29, 0.717) is 13.0 Å². The number of nitrogens with two attached hydrogens (primary N) is 1. The van der Waals surface area contributed by atoms with Crippen molar-refractivity contribution >= 4 is 36.0 Å². The lowest BCUT2D eigenvalue weighted by atomic mass is 10.1. The van der Waals surface area contributed by atoms with Crippen molar-refractivity contribution in [2.24, 2.45) is 5.73 Å². The summed E-state index contributed by atoms with van der Waals surface area (Å²) in [5.74, 6) is 0.959. The van der Waals surface area contributed by atoms with Crippen LogP contribution in [0.2, 0.25) is 0 Å². The van der Waals surface area contributed by atoms with Crippen LogP contribution in [0, 0.1) is 0 Å². The molecular formula is C13H22ClN3O2S. The Morgan fingerprint density at radius 2 is 2.25 bits per heavy atom. The molecule has 0 radical (unpaired) electrons. The molecule has 3 unspecified atom stereocenters. The van der Waals surface area contributed by atoms with Crippen molar-refractivity contribution in [2.75, 3.05) is 18.8 Å². The number of nitrogens with zero attached hydrogens (tertiary/aromatic N) is 2. The van der Waals surface area contributed by atoms with Crippen LogP contribution in [0.25, 0.3) is 0 Å². The van der Waals surface area contributed by atoms with E-state index in [1.54, 1.807) is 11.8 Å². The second-order valence-corrected chi connectivity index (χ2v) is 7.45. The average molecular weight is 320 g/mol. The molecule has 0 aromatic rings. The first-order valence-electron chi connectivity index (χ1n) is 7.02. The second kappa shape index (κ2) is 5.73. The van der Waals surface area contributed by atoms with Crippen LogP contribution in [0.15, 0.2) is 0 Å². The number of halogens is 1. The molecule has 0 aliphatic carbocycles. The minimum atomic E-state index is -0.268. The van der Waals surface area contributed by atoms with Crippen molar-refractivity contribution in [3.63, 3.8) is 0 Å². The smallest absolute Gasteiger partial charge is 0.246 e. The molecule has 3 fully saturated rings. The number of thioether (sulfide) groups is 1. The van der Waals surface area contributed by atoms with Crippen LogP contribution < -0.4 is 5.73 Å². The van der Waals surface area contributed by atoms with Crippen LogP contribution in [0.5, 0.6) is 0 Å². The Balaban J connectivity index is 0.00000147. The summed E-state index contributed by atoms with van der Waals surface area (Å²) in [5.41, 5.74) is 5.94. The Kier molecular flexibility index (Phi) is 4.56. The first kappa shape index (κ1) is 15.9. The standard InChI is InChI=1S/C13H21N3O2S.ClH/c1-13-5-4-11(17)16(13)10(8-19-13)12(18)15-6-2-3-9(14)7-15;/h9-10H,2-8,14H2,1H3;1H. The zero-order chi connectivity index (χ0) is 13.6. The molecule has 3 rings (SSSR count). The number of carbonyl (C=O) groups excluding carboxylic acids is 2. The van der Waals surface area contributed by atoms with E-state index in [9.17, 15) is 9.59 Å². The Hall–Kier alpha value is -0.460. The largest absolute Gasteiger partial charge is 0.339 e. The van der Waals surface area contributed by atoms with Crippen molar-refractivity contribution in [3.05, 3.63) is 0 Å². The summed E-state index contributed by atoms with van der Waals surface area (Å²) in [5, 5.41) is 0. The second-order valence-electron chi connectivity index (χ2n) is 5.95. The van der Waals surface area contributed by atoms with E-state index in [4.69, 9.17) is 5.73 Å². The summed E-state index contributed by atoms with van der Waals surface area (Å²) in [6.45, 7) is 3.50. The van der Waals surface area contributed by atoms with Crippen LogP contribution >= 0.6 is 24.2 Å². The molecule has 114 valence electrons. The molecule has 3 aliphatic rings. The monoisotopic (exact) mass is 319 g/mol. The molecule has 0 aromatic heterocycles. The normalized spacial score (nSPS) is 36.8. The van der Waals surface area contributed by atoms with Crippen molar-refractivity contribution < 1.29 is 9.59 Å². The summed E-state index contributed by atoms with van der Waals surface area (Å²) in [4.78, 5) is 28.2. The third-order valence-corrected chi connectivity index (χ3v) is 6.00. The number of rotatable bonds is 1. The maximum absolute atomic E-state index is 12.6. The van der Waals surface area contributed by atoms with Gasteiger partial charge >= 0.3 is 0 Å². The number of piperidine rings is 1. The zero-order valence-corrected chi connectivity index (χ0v) is 13.3. The topological polar surface area (TPSA) is 66.6 Å². The molecule has 2 amide bonds. The van der Waals surface area contributed by atoms with Crippen molar-refractivity contribution in [1.82, 2.24) is 9.80 Å². The SMILES string of the molecule is CC12CCC(=O)N1C(C(=O)N1CCCC(N)C1)CS2.Cl. The maximum Gasteiger partial charge on any atom is 0.246 e. The quantitative estimate of drug-likeness (QED) is 0.777. The molecule has 3 aliphatic heterocycles. The van der Waals surface area contributed by atoms with E-state index in [1.165, 1.54) is 0 Å². The van der Waals surface area contributed by atoms with Gasteiger partial charge in [-0.3, -0.25) is 9.59 Å². The number of hydrogen-bond acceptors (Lipinski definition) is 4. The first-order valence-corrected chi connectivity index (χ1v) is 8.00. The van der Waals surface area contributed by atoms with Crippen molar-refractivity contribution in [1.29, 1.82) is 0 Å². The fourth-order valence-corrected chi connectivity index (χ4v) is 4.85. The average Bonchev–Trinajstić information content (AvgIpc) is 2.86. The van der Waals surface area contributed by atoms with E-state index in [0.717, 1.165) is 31.6 Å². The molecule has 0 aromatic carbocycles. The fourth-order valence-electron chi connectivity index (χ4n) is 3.42. The lowest BCUT2D eigenvalue weighted by Gasteiger charge is -2.36. The van der Waals surface area contributed by atoms with E-state index >= 15 is 0 Å². The van der Waals surface area contributed by atoms with Gasteiger partial charge in [-0.05, 0) is 26.2 Å². The molecule has 5 nitrogen and oxygen atoms in total. The molecule has 7 heteroatoms. The maximum atomic E-state index is 12.6. The van der Waals surface area contributed by atoms with Gasteiger partial charge in [0.2, 0.25) is 11.8 Å². The van der Waals surface area contributed by atoms with Crippen LogP contribution in [0.4, 0.5) is 0 Å². The van der Waals surface area contributed by atoms with Gasteiger partial charge in [0.15, 0.2) is 0 Å². The summed E-state index contributed by atoms with van der Waals surface area (Å²) in [7, 11) is 0. The minimum Gasteiger partial charge on any atom is -0.339 e. The van der Waals surface area contributed by atoms with Gasteiger partial charge in [-0.25, -0.2) is 0 Å². The van der Waals surface area contributed by atoms with Gasteiger partial charge in [0.25, 0.3) is 0 Å². The number of hydrogen-bond donors (Lipinski definition) is 1. The molecule has 3 atom stereocenters. The summed E-state index contributed by atoms with van der Waals surface area (Å²) >= 11 is 1.75. The van der Waals surface area contributed by atoms with Crippen LogP contribution in [-0.2, 0) is 9.59 Å². The van der Waals surface area contributed by atoms with Crippen LogP contribution in [0.1, 0.15) is 32.6 Å². The van der Waals surface area contributed by atoms with Crippen molar-refractivity contribution in [3.8, 4) is 0 Å². The highest BCUT2D eigenvalue weighted by Crippen LogP contribution is 2.47. The summed E-state index contributed by atoms with van der Waals surface area (Å²) < 4.78 is 0. The highest BCUT2D eigenvalue weighted by molar-refractivity contribution is 8.01. The Labute approximate surface area is 130 Å². The zero-order valence-electron chi connectivity index (χ0n) is 11.7. The number of amides is 2. The number of likely N-dealkylation sites (tertiary alicyclic amines) is 1. The van der Waals surface area contributed by atoms with Gasteiger partial charge in [-0.15, -0.1) is 24.2 Å². The van der Waals surface area contributed by atoms with Crippen LogP contribution in [0.3, 0.4) is 0 Å². The predicted molar refractivity (Wildman–Crippen MR) is 81.8 cm³/mol. The molecule has 2 N–H and O–H groups in total. The lowest BCUT2D eigenvalue weighted by Crippen LogP contribution is -2.55. The molecule has 0 spiro atoms. The minimum absolute atomic E-state index is 0. The van der Waals surface area contributed by atoms with Crippen molar-refractivity contribution in [2.45, 2.75) is 49.6 Å². The lowest BCUT2D eigenvalue weighted by molar-refractivity contribution is -0.144. The molecule has 20 heavy (non-hydrogen) atoms. The molecule has 3 saturated heterocycles. The first-order chi connectivity index (χ1) is 9.01. The van der Waals surface area contributed by atoms with E-state index < -0.39 is 0 Å². The van der Waals surface area contributed by atoms with Gasteiger partial charge in [0, 0.05) is 31.3 Å². The number of fused-ring (bicyclic) bond motifs is 1. The third kappa shape index (κ3) is 2.53. The molecular weight excluding hydrogens is 298 g/mol. The molecule has 0 bridgehead atoms. The highest BCUT2D eigenvalue weighted by atomic mass is 35.5. The number of carbonyl (C=O) groups is 2. The Morgan fingerprint density at radius 3 is 2.95 bits per heavy atom. The molecule has 3 heterocycles. The fraction of sp³-hybridized carbons (Fsp3) is 0.846. The van der Waals surface area contributed by atoms with E-state index in [-0.39, 0.29) is 41.2 Å². The Bertz CT molecular complexity index is 422. The highest BCUT2D eigenvalue weighted by Gasteiger charge is 2.53. The van der Waals surface area contributed by atoms with E-state index in [2.05, 4.69) is 6.92 Å². The third-order valence-electron chi connectivity index (χ3n) is 4.50. The van der Waals surface area contributed by atoms with Gasteiger partial charge in [0.05, 0.1) is 4.87 Å².